The Morgan fingerprint density at radius 2 is 2.12 bits per heavy atom. The van der Waals surface area contributed by atoms with Crippen molar-refractivity contribution < 1.29 is 10.2 Å². The number of aromatic hydroxyl groups is 2. The Bertz CT molecular complexity index is 562. The quantitative estimate of drug-likeness (QED) is 0.657. The molecule has 0 aliphatic rings. The summed E-state index contributed by atoms with van der Waals surface area (Å²) in [5.74, 6) is 0.0877. The summed E-state index contributed by atoms with van der Waals surface area (Å²) in [5.41, 5.74) is 1.51. The smallest absolute Gasteiger partial charge is 0.304 e. The van der Waals surface area contributed by atoms with E-state index in [9.17, 15) is 9.90 Å². The maximum absolute atomic E-state index is 10.9. The third-order valence-electron chi connectivity index (χ3n) is 2.27. The fraction of sp³-hybridized carbons (Fsp3) is 0.182. The van der Waals surface area contributed by atoms with E-state index in [1.807, 2.05) is 0 Å². The van der Waals surface area contributed by atoms with Crippen LogP contribution in [0.3, 0.4) is 0 Å². The van der Waals surface area contributed by atoms with E-state index >= 15 is 0 Å². The van der Waals surface area contributed by atoms with Crippen LogP contribution in [-0.2, 0) is 13.1 Å². The highest BCUT2D eigenvalue weighted by molar-refractivity contribution is 7.07. The van der Waals surface area contributed by atoms with E-state index in [2.05, 4.69) is 10.3 Å². The predicted molar refractivity (Wildman–Crippen MR) is 65.3 cm³/mol. The van der Waals surface area contributed by atoms with E-state index in [1.165, 1.54) is 12.1 Å². The zero-order chi connectivity index (χ0) is 12.3. The highest BCUT2D eigenvalue weighted by Gasteiger charge is 2.02. The van der Waals surface area contributed by atoms with Crippen molar-refractivity contribution in [2.24, 2.45) is 0 Å². The topological polar surface area (TPSA) is 85.4 Å². The number of thiazole rings is 1. The lowest BCUT2D eigenvalue weighted by molar-refractivity contribution is 0.443. The third kappa shape index (κ3) is 3.08. The molecule has 1 heterocycles. The molecule has 0 amide bonds. The molecule has 0 aliphatic heterocycles. The molecule has 2 rings (SSSR count). The number of aromatic amines is 1. The normalized spacial score (nSPS) is 10.6. The molecule has 0 radical (unpaired) electrons. The van der Waals surface area contributed by atoms with Crippen LogP contribution in [0.25, 0.3) is 0 Å². The number of phenolic OH excluding ortho intramolecular Hbond substituents is 2. The lowest BCUT2D eigenvalue weighted by Gasteiger charge is -2.06. The molecular weight excluding hydrogens is 240 g/mol. The molecule has 0 spiro atoms. The molecular formula is C11H12N2O3S. The Labute approximate surface area is 101 Å². The van der Waals surface area contributed by atoms with Gasteiger partial charge >= 0.3 is 4.87 Å². The molecule has 0 saturated heterocycles. The molecule has 0 saturated carbocycles. The number of benzene rings is 1. The molecule has 1 aromatic carbocycles. The minimum atomic E-state index is -0.0747. The van der Waals surface area contributed by atoms with Gasteiger partial charge < -0.3 is 20.5 Å². The van der Waals surface area contributed by atoms with Crippen molar-refractivity contribution in [3.63, 3.8) is 0 Å². The first-order valence-electron chi connectivity index (χ1n) is 5.03. The molecule has 2 aromatic rings. The van der Waals surface area contributed by atoms with Crippen LogP contribution in [0.1, 0.15) is 11.3 Å². The van der Waals surface area contributed by atoms with Crippen LogP contribution in [0.2, 0.25) is 0 Å². The van der Waals surface area contributed by atoms with Crippen molar-refractivity contribution in [2.75, 3.05) is 0 Å². The largest absolute Gasteiger partial charge is 0.508 e. The summed E-state index contributed by atoms with van der Waals surface area (Å²) in [6, 6.07) is 4.46. The fourth-order valence-corrected chi connectivity index (χ4v) is 2.02. The second kappa shape index (κ2) is 5.03. The van der Waals surface area contributed by atoms with Gasteiger partial charge in [0.1, 0.15) is 11.5 Å². The summed E-state index contributed by atoms with van der Waals surface area (Å²) in [4.78, 5) is 13.5. The summed E-state index contributed by atoms with van der Waals surface area (Å²) in [6.45, 7) is 0.989. The van der Waals surface area contributed by atoms with Gasteiger partial charge in [-0.25, -0.2) is 0 Å². The fourth-order valence-electron chi connectivity index (χ4n) is 1.43. The zero-order valence-corrected chi connectivity index (χ0v) is 9.75. The average molecular weight is 252 g/mol. The Morgan fingerprint density at radius 1 is 1.29 bits per heavy atom. The first-order valence-corrected chi connectivity index (χ1v) is 5.91. The van der Waals surface area contributed by atoms with Crippen molar-refractivity contribution in [3.8, 4) is 11.5 Å². The molecule has 0 fully saturated rings. The van der Waals surface area contributed by atoms with Gasteiger partial charge in [0.2, 0.25) is 0 Å². The summed E-state index contributed by atoms with van der Waals surface area (Å²) >= 11 is 1.12. The monoisotopic (exact) mass is 252 g/mol. The minimum Gasteiger partial charge on any atom is -0.508 e. The van der Waals surface area contributed by atoms with Crippen molar-refractivity contribution in [1.82, 2.24) is 10.3 Å². The van der Waals surface area contributed by atoms with E-state index < -0.39 is 0 Å². The van der Waals surface area contributed by atoms with Crippen LogP contribution in [0.5, 0.6) is 11.5 Å². The standard InChI is InChI=1S/C11H12N2O3S/c14-9-2-1-7(10(15)3-9)4-12-5-8-6-17-11(16)13-8/h1-3,6,12,14-15H,4-5H2,(H,13,16). The van der Waals surface area contributed by atoms with Gasteiger partial charge in [-0.1, -0.05) is 17.4 Å². The first-order chi connectivity index (χ1) is 8.15. The maximum atomic E-state index is 10.9. The van der Waals surface area contributed by atoms with Crippen LogP contribution in [-0.4, -0.2) is 15.2 Å². The van der Waals surface area contributed by atoms with E-state index in [0.717, 1.165) is 17.0 Å². The van der Waals surface area contributed by atoms with Gasteiger partial charge in [0.15, 0.2) is 0 Å². The van der Waals surface area contributed by atoms with E-state index in [0.29, 0.717) is 18.7 Å². The number of hydrogen-bond donors (Lipinski definition) is 4. The zero-order valence-electron chi connectivity index (χ0n) is 8.93. The van der Waals surface area contributed by atoms with Crippen molar-refractivity contribution in [3.05, 3.63) is 44.5 Å². The van der Waals surface area contributed by atoms with Crippen LogP contribution < -0.4 is 10.2 Å². The molecule has 17 heavy (non-hydrogen) atoms. The predicted octanol–water partition coefficient (Wildman–Crippen LogP) is 1.14. The number of H-pyrrole nitrogens is 1. The van der Waals surface area contributed by atoms with Crippen LogP contribution >= 0.6 is 11.3 Å². The second-order valence-corrected chi connectivity index (χ2v) is 4.43. The number of rotatable bonds is 4. The van der Waals surface area contributed by atoms with Crippen molar-refractivity contribution >= 4 is 11.3 Å². The molecule has 4 N–H and O–H groups in total. The van der Waals surface area contributed by atoms with E-state index in [4.69, 9.17) is 5.11 Å². The molecule has 0 bridgehead atoms. The number of aromatic nitrogens is 1. The number of hydrogen-bond acceptors (Lipinski definition) is 5. The van der Waals surface area contributed by atoms with E-state index in [1.54, 1.807) is 11.4 Å². The average Bonchev–Trinajstić information content (AvgIpc) is 2.68. The molecule has 0 unspecified atom stereocenters. The van der Waals surface area contributed by atoms with Crippen molar-refractivity contribution in [2.45, 2.75) is 13.1 Å². The molecule has 90 valence electrons. The summed E-state index contributed by atoms with van der Waals surface area (Å²) in [6.07, 6.45) is 0. The molecule has 0 aliphatic carbocycles. The van der Waals surface area contributed by atoms with E-state index in [-0.39, 0.29) is 16.4 Å². The van der Waals surface area contributed by atoms with Gasteiger partial charge in [0.05, 0.1) is 0 Å². The highest BCUT2D eigenvalue weighted by Crippen LogP contribution is 2.22. The maximum Gasteiger partial charge on any atom is 0.304 e. The third-order valence-corrected chi connectivity index (χ3v) is 2.99. The van der Waals surface area contributed by atoms with Crippen molar-refractivity contribution in [1.29, 1.82) is 0 Å². The van der Waals surface area contributed by atoms with Gasteiger partial charge in [0, 0.05) is 35.8 Å². The minimum absolute atomic E-state index is 0.0356. The Balaban J connectivity index is 1.92. The first kappa shape index (κ1) is 11.7. The Kier molecular flexibility index (Phi) is 3.46. The van der Waals surface area contributed by atoms with Gasteiger partial charge in [-0.3, -0.25) is 4.79 Å². The highest BCUT2D eigenvalue weighted by atomic mass is 32.1. The van der Waals surface area contributed by atoms with Crippen LogP contribution in [0.4, 0.5) is 0 Å². The van der Waals surface area contributed by atoms with Gasteiger partial charge in [-0.2, -0.15) is 0 Å². The summed E-state index contributed by atoms with van der Waals surface area (Å²) in [5, 5.41) is 23.5. The molecule has 1 aromatic heterocycles. The summed E-state index contributed by atoms with van der Waals surface area (Å²) < 4.78 is 0. The van der Waals surface area contributed by atoms with Gasteiger partial charge in [-0.15, -0.1) is 0 Å². The van der Waals surface area contributed by atoms with Gasteiger partial charge in [0.25, 0.3) is 0 Å². The van der Waals surface area contributed by atoms with Crippen LogP contribution in [0, 0.1) is 0 Å². The molecule has 6 heteroatoms. The lowest BCUT2D eigenvalue weighted by atomic mass is 10.2. The second-order valence-electron chi connectivity index (χ2n) is 3.59. The van der Waals surface area contributed by atoms with Crippen LogP contribution in [0.15, 0.2) is 28.4 Å². The summed E-state index contributed by atoms with van der Waals surface area (Å²) in [7, 11) is 0. The molecule has 5 nitrogen and oxygen atoms in total. The molecule has 0 atom stereocenters. The Morgan fingerprint density at radius 3 is 2.76 bits per heavy atom. The number of phenols is 2. The lowest BCUT2D eigenvalue weighted by Crippen LogP contribution is -2.13. The van der Waals surface area contributed by atoms with Gasteiger partial charge in [-0.05, 0) is 6.07 Å². The number of nitrogens with one attached hydrogen (secondary N) is 2. The SMILES string of the molecule is O=c1[nH]c(CNCc2ccc(O)cc2O)cs1. The Hall–Kier alpha value is -1.79.